The van der Waals surface area contributed by atoms with Gasteiger partial charge in [-0.15, -0.1) is 0 Å². The van der Waals surface area contributed by atoms with Gasteiger partial charge in [-0.2, -0.15) is 0 Å². The number of benzene rings is 1. The van der Waals surface area contributed by atoms with Crippen molar-refractivity contribution in [1.29, 1.82) is 0 Å². The maximum atomic E-state index is 11.9. The van der Waals surface area contributed by atoms with Crippen molar-refractivity contribution in [1.82, 2.24) is 14.6 Å². The number of aromatic nitrogens is 1. The predicted octanol–water partition coefficient (Wildman–Crippen LogP) is 1.33. The Morgan fingerprint density at radius 1 is 1.30 bits per heavy atom. The van der Waals surface area contributed by atoms with Gasteiger partial charge in [0.2, 0.25) is 10.0 Å². The number of methoxy groups -OCH3 is 1. The van der Waals surface area contributed by atoms with E-state index in [-0.39, 0.29) is 13.1 Å². The maximum absolute atomic E-state index is 11.9. The highest BCUT2D eigenvalue weighted by Crippen LogP contribution is 2.18. The smallest absolute Gasteiger partial charge is 0.406 e. The Bertz CT molecular complexity index is 770. The van der Waals surface area contributed by atoms with Gasteiger partial charge in [-0.3, -0.25) is 0 Å². The fourth-order valence-electron chi connectivity index (χ4n) is 2.38. The van der Waals surface area contributed by atoms with Gasteiger partial charge >= 0.3 is 6.09 Å². The minimum absolute atomic E-state index is 0.202. The van der Waals surface area contributed by atoms with E-state index in [4.69, 9.17) is 0 Å². The molecule has 1 amide bonds. The number of para-hydroxylation sites is 1. The Kier molecular flexibility index (Phi) is 5.62. The van der Waals surface area contributed by atoms with Crippen LogP contribution in [0.25, 0.3) is 10.9 Å². The lowest BCUT2D eigenvalue weighted by Crippen LogP contribution is -2.39. The van der Waals surface area contributed by atoms with Crippen LogP contribution in [0.1, 0.15) is 5.56 Å². The van der Waals surface area contributed by atoms with E-state index >= 15 is 0 Å². The Morgan fingerprint density at radius 3 is 2.74 bits per heavy atom. The lowest BCUT2D eigenvalue weighted by molar-refractivity contribution is 0.170. The molecule has 1 heterocycles. The average Bonchev–Trinajstić information content (AvgIpc) is 2.92. The SMILES string of the molecule is COC(=O)NCCN(CCc1c[nH]c2ccccc12)S(C)(=O)=O. The van der Waals surface area contributed by atoms with Crippen LogP contribution in [-0.4, -0.2) is 56.8 Å². The lowest BCUT2D eigenvalue weighted by Gasteiger charge is -2.19. The van der Waals surface area contributed by atoms with E-state index in [1.54, 1.807) is 0 Å². The molecule has 0 saturated carbocycles. The number of sulfonamides is 1. The molecule has 126 valence electrons. The second kappa shape index (κ2) is 7.47. The number of alkyl carbamates (subject to hydrolysis) is 1. The largest absolute Gasteiger partial charge is 0.453 e. The molecule has 2 rings (SSSR count). The summed E-state index contributed by atoms with van der Waals surface area (Å²) in [6.45, 7) is 0.757. The number of nitrogens with one attached hydrogen (secondary N) is 2. The van der Waals surface area contributed by atoms with Gasteiger partial charge in [0, 0.05) is 36.7 Å². The van der Waals surface area contributed by atoms with Gasteiger partial charge in [-0.25, -0.2) is 17.5 Å². The molecule has 2 N–H and O–H groups in total. The summed E-state index contributed by atoms with van der Waals surface area (Å²) in [4.78, 5) is 14.2. The molecule has 0 spiro atoms. The van der Waals surface area contributed by atoms with Crippen LogP contribution in [-0.2, 0) is 21.2 Å². The minimum atomic E-state index is -3.35. The molecular formula is C15H21N3O4S. The summed E-state index contributed by atoms with van der Waals surface area (Å²) in [5, 5.41) is 3.58. The van der Waals surface area contributed by atoms with Crippen molar-refractivity contribution in [2.75, 3.05) is 33.0 Å². The number of carbonyl (C=O) groups is 1. The van der Waals surface area contributed by atoms with Gasteiger partial charge in [0.25, 0.3) is 0 Å². The fourth-order valence-corrected chi connectivity index (χ4v) is 3.23. The number of rotatable bonds is 7. The van der Waals surface area contributed by atoms with Crippen LogP contribution >= 0.6 is 0 Å². The maximum Gasteiger partial charge on any atom is 0.406 e. The first kappa shape index (κ1) is 17.3. The summed E-state index contributed by atoms with van der Waals surface area (Å²) < 4.78 is 29.6. The molecule has 0 aliphatic rings. The Morgan fingerprint density at radius 2 is 2.04 bits per heavy atom. The fraction of sp³-hybridized carbons (Fsp3) is 0.400. The van der Waals surface area contributed by atoms with Gasteiger partial charge in [0.1, 0.15) is 0 Å². The molecule has 8 heteroatoms. The van der Waals surface area contributed by atoms with Gasteiger partial charge in [0.05, 0.1) is 13.4 Å². The van der Waals surface area contributed by atoms with Gasteiger partial charge in [-0.1, -0.05) is 18.2 Å². The van der Waals surface area contributed by atoms with Gasteiger partial charge in [0.15, 0.2) is 0 Å². The van der Waals surface area contributed by atoms with Gasteiger partial charge in [-0.05, 0) is 18.1 Å². The lowest BCUT2D eigenvalue weighted by atomic mass is 10.1. The van der Waals surface area contributed by atoms with Crippen LogP contribution in [0, 0.1) is 0 Å². The molecule has 0 unspecified atom stereocenters. The van der Waals surface area contributed by atoms with Crippen LogP contribution in [0.15, 0.2) is 30.5 Å². The molecule has 1 aromatic carbocycles. The monoisotopic (exact) mass is 339 g/mol. The van der Waals surface area contributed by atoms with E-state index in [1.165, 1.54) is 17.7 Å². The first-order valence-corrected chi connectivity index (χ1v) is 9.08. The molecule has 0 fully saturated rings. The summed E-state index contributed by atoms with van der Waals surface area (Å²) in [6.07, 6.45) is 3.09. The summed E-state index contributed by atoms with van der Waals surface area (Å²) in [5.74, 6) is 0. The standard InChI is InChI=1S/C15H21N3O4S/c1-22-15(19)16-8-10-18(23(2,20)21)9-7-12-11-17-14-6-4-3-5-13(12)14/h3-6,11,17H,7-10H2,1-2H3,(H,16,19). The second-order valence-electron chi connectivity index (χ2n) is 5.19. The predicted molar refractivity (Wildman–Crippen MR) is 88.8 cm³/mol. The molecule has 0 atom stereocenters. The minimum Gasteiger partial charge on any atom is -0.453 e. The van der Waals surface area contributed by atoms with Crippen LogP contribution in [0.5, 0.6) is 0 Å². The van der Waals surface area contributed by atoms with Crippen molar-refractivity contribution in [3.05, 3.63) is 36.0 Å². The summed E-state index contributed by atoms with van der Waals surface area (Å²) in [6, 6.07) is 7.89. The number of hydrogen-bond acceptors (Lipinski definition) is 4. The van der Waals surface area contributed by atoms with Crippen LogP contribution in [0.2, 0.25) is 0 Å². The van der Waals surface area contributed by atoms with Crippen molar-refractivity contribution in [3.63, 3.8) is 0 Å². The molecule has 7 nitrogen and oxygen atoms in total. The van der Waals surface area contributed by atoms with E-state index in [9.17, 15) is 13.2 Å². The summed E-state index contributed by atoms with van der Waals surface area (Å²) in [5.41, 5.74) is 2.09. The number of nitrogens with zero attached hydrogens (tertiary/aromatic N) is 1. The van der Waals surface area contributed by atoms with Gasteiger partial charge < -0.3 is 15.0 Å². The van der Waals surface area contributed by atoms with E-state index in [2.05, 4.69) is 15.0 Å². The Balaban J connectivity index is 1.99. The molecule has 0 aliphatic heterocycles. The normalized spacial score (nSPS) is 11.8. The van der Waals surface area contributed by atoms with Crippen LogP contribution in [0.4, 0.5) is 4.79 Å². The number of hydrogen-bond donors (Lipinski definition) is 2. The topological polar surface area (TPSA) is 91.5 Å². The van der Waals surface area contributed by atoms with Crippen molar-refractivity contribution in [2.45, 2.75) is 6.42 Å². The molecule has 2 aromatic rings. The average molecular weight is 339 g/mol. The molecular weight excluding hydrogens is 318 g/mol. The highest BCUT2D eigenvalue weighted by Gasteiger charge is 2.17. The Labute approximate surface area is 135 Å². The number of amides is 1. The van der Waals surface area contributed by atoms with E-state index < -0.39 is 16.1 Å². The van der Waals surface area contributed by atoms with Crippen molar-refractivity contribution < 1.29 is 17.9 Å². The summed E-state index contributed by atoms with van der Waals surface area (Å²) in [7, 11) is -2.08. The molecule has 0 radical (unpaired) electrons. The molecule has 23 heavy (non-hydrogen) atoms. The number of ether oxygens (including phenoxy) is 1. The van der Waals surface area contributed by atoms with Crippen LogP contribution < -0.4 is 5.32 Å². The third-order valence-electron chi connectivity index (χ3n) is 3.59. The third kappa shape index (κ3) is 4.70. The first-order chi connectivity index (χ1) is 10.9. The highest BCUT2D eigenvalue weighted by atomic mass is 32.2. The Hall–Kier alpha value is -2.06. The first-order valence-electron chi connectivity index (χ1n) is 7.23. The van der Waals surface area contributed by atoms with E-state index in [0.29, 0.717) is 13.0 Å². The zero-order chi connectivity index (χ0) is 16.9. The number of carbonyl (C=O) groups excluding carboxylic acids is 1. The highest BCUT2D eigenvalue weighted by molar-refractivity contribution is 7.88. The number of aromatic amines is 1. The summed E-state index contributed by atoms with van der Waals surface area (Å²) >= 11 is 0. The van der Waals surface area contributed by atoms with E-state index in [1.807, 2.05) is 30.5 Å². The molecule has 0 aliphatic carbocycles. The van der Waals surface area contributed by atoms with Crippen molar-refractivity contribution in [3.8, 4) is 0 Å². The second-order valence-corrected chi connectivity index (χ2v) is 7.17. The number of H-pyrrole nitrogens is 1. The van der Waals surface area contributed by atoms with Crippen LogP contribution in [0.3, 0.4) is 0 Å². The molecule has 0 saturated heterocycles. The number of fused-ring (bicyclic) bond motifs is 1. The van der Waals surface area contributed by atoms with Crippen molar-refractivity contribution >= 4 is 27.0 Å². The third-order valence-corrected chi connectivity index (χ3v) is 4.89. The zero-order valence-corrected chi connectivity index (χ0v) is 14.0. The van der Waals surface area contributed by atoms with Crippen molar-refractivity contribution in [2.24, 2.45) is 0 Å². The zero-order valence-electron chi connectivity index (χ0n) is 13.2. The quantitative estimate of drug-likeness (QED) is 0.796. The molecule has 0 bridgehead atoms. The van der Waals surface area contributed by atoms with E-state index in [0.717, 1.165) is 16.5 Å². The molecule has 1 aromatic heterocycles.